The number of alkyl halides is 1. The molecule has 6 heteroatoms. The molecule has 1 atom stereocenters. The molecule has 4 nitrogen and oxygen atoms in total. The Morgan fingerprint density at radius 3 is 2.88 bits per heavy atom. The summed E-state index contributed by atoms with van der Waals surface area (Å²) in [5, 5.41) is 5.32. The van der Waals surface area contributed by atoms with Gasteiger partial charge in [-0.15, -0.1) is 0 Å². The Kier molecular flexibility index (Phi) is 4.63. The number of hydrogen-bond acceptors (Lipinski definition) is 3. The number of morpholine rings is 1. The van der Waals surface area contributed by atoms with Crippen LogP contribution in [0.3, 0.4) is 0 Å². The van der Waals surface area contributed by atoms with Crippen LogP contribution in [0, 0.1) is 6.92 Å². The molecule has 96 valence electrons. The van der Waals surface area contributed by atoms with Crippen molar-refractivity contribution >= 4 is 31.9 Å². The molecule has 1 aliphatic heterocycles. The van der Waals surface area contributed by atoms with Crippen molar-refractivity contribution < 1.29 is 4.74 Å². The molecule has 0 aliphatic carbocycles. The number of aromatic nitrogens is 2. The molecule has 2 rings (SSSR count). The maximum Gasteiger partial charge on any atom is 0.0799 e. The third-order valence-corrected chi connectivity index (χ3v) is 4.78. The van der Waals surface area contributed by atoms with Crippen molar-refractivity contribution in [1.29, 1.82) is 0 Å². The van der Waals surface area contributed by atoms with Gasteiger partial charge in [-0.3, -0.25) is 9.58 Å². The average molecular weight is 367 g/mol. The monoisotopic (exact) mass is 365 g/mol. The lowest BCUT2D eigenvalue weighted by molar-refractivity contribution is -0.0189. The highest BCUT2D eigenvalue weighted by Gasteiger charge is 2.21. The van der Waals surface area contributed by atoms with Crippen molar-refractivity contribution in [3.63, 3.8) is 0 Å². The molecule has 0 aromatic carbocycles. The van der Waals surface area contributed by atoms with E-state index >= 15 is 0 Å². The standard InChI is InChI=1S/C11H17Br2N3O/c1-8-11(13)10(15(2)14-8)7-16-3-4-17-9(5-12)6-16/h9H,3-7H2,1-2H3. The first kappa shape index (κ1) is 13.5. The van der Waals surface area contributed by atoms with Crippen LogP contribution >= 0.6 is 31.9 Å². The zero-order valence-electron chi connectivity index (χ0n) is 10.1. The van der Waals surface area contributed by atoms with E-state index in [1.54, 1.807) is 0 Å². The summed E-state index contributed by atoms with van der Waals surface area (Å²) in [5.41, 5.74) is 2.28. The molecule has 0 radical (unpaired) electrons. The zero-order chi connectivity index (χ0) is 12.4. The largest absolute Gasteiger partial charge is 0.375 e. The van der Waals surface area contributed by atoms with E-state index in [0.717, 1.165) is 41.7 Å². The SMILES string of the molecule is Cc1nn(C)c(CN2CCOC(CBr)C2)c1Br. The number of hydrogen-bond donors (Lipinski definition) is 0. The van der Waals surface area contributed by atoms with E-state index in [4.69, 9.17) is 4.74 Å². The van der Waals surface area contributed by atoms with Crippen molar-refractivity contribution in [2.45, 2.75) is 19.6 Å². The normalized spacial score (nSPS) is 22.0. The molecule has 1 aliphatic rings. The quantitative estimate of drug-likeness (QED) is 0.767. The highest BCUT2D eigenvalue weighted by Crippen LogP contribution is 2.22. The van der Waals surface area contributed by atoms with Crippen LogP contribution in [0.4, 0.5) is 0 Å². The summed E-state index contributed by atoms with van der Waals surface area (Å²) >= 11 is 7.09. The van der Waals surface area contributed by atoms with Crippen LogP contribution in [0.1, 0.15) is 11.4 Å². The lowest BCUT2D eigenvalue weighted by Gasteiger charge is -2.32. The number of ether oxygens (including phenoxy) is 1. The smallest absolute Gasteiger partial charge is 0.0799 e. The van der Waals surface area contributed by atoms with E-state index in [1.165, 1.54) is 5.69 Å². The molecular weight excluding hydrogens is 350 g/mol. The number of aryl methyl sites for hydroxylation is 2. The first-order chi connectivity index (χ1) is 8.11. The van der Waals surface area contributed by atoms with Gasteiger partial charge in [0.05, 0.1) is 28.6 Å². The molecule has 0 spiro atoms. The molecular formula is C11H17Br2N3O. The number of nitrogens with zero attached hydrogens (tertiary/aromatic N) is 3. The Balaban J connectivity index is 2.05. The van der Waals surface area contributed by atoms with E-state index in [9.17, 15) is 0 Å². The fraction of sp³-hybridized carbons (Fsp3) is 0.727. The van der Waals surface area contributed by atoms with Crippen molar-refractivity contribution in [3.8, 4) is 0 Å². The van der Waals surface area contributed by atoms with Gasteiger partial charge in [-0.2, -0.15) is 5.10 Å². The minimum Gasteiger partial charge on any atom is -0.375 e. The topological polar surface area (TPSA) is 30.3 Å². The Morgan fingerprint density at radius 1 is 1.53 bits per heavy atom. The van der Waals surface area contributed by atoms with E-state index in [0.29, 0.717) is 6.10 Å². The van der Waals surface area contributed by atoms with Crippen LogP contribution in [0.25, 0.3) is 0 Å². The Hall–Kier alpha value is 0.0900. The van der Waals surface area contributed by atoms with Crippen LogP contribution in [0.15, 0.2) is 4.47 Å². The van der Waals surface area contributed by atoms with Gasteiger partial charge in [0.25, 0.3) is 0 Å². The molecule has 2 heterocycles. The number of halogens is 2. The van der Waals surface area contributed by atoms with Crippen LogP contribution < -0.4 is 0 Å². The average Bonchev–Trinajstić information content (AvgIpc) is 2.56. The highest BCUT2D eigenvalue weighted by atomic mass is 79.9. The number of rotatable bonds is 3. The van der Waals surface area contributed by atoms with Gasteiger partial charge in [-0.1, -0.05) is 15.9 Å². The maximum absolute atomic E-state index is 5.64. The molecule has 1 aromatic rings. The molecule has 0 bridgehead atoms. The third kappa shape index (κ3) is 3.10. The van der Waals surface area contributed by atoms with Gasteiger partial charge in [0.15, 0.2) is 0 Å². The predicted molar refractivity (Wildman–Crippen MR) is 74.5 cm³/mol. The van der Waals surface area contributed by atoms with Gasteiger partial charge in [-0.25, -0.2) is 0 Å². The predicted octanol–water partition coefficient (Wildman–Crippen LogP) is 2.09. The van der Waals surface area contributed by atoms with E-state index in [2.05, 4.69) is 41.9 Å². The van der Waals surface area contributed by atoms with Crippen molar-refractivity contribution in [2.75, 3.05) is 25.0 Å². The van der Waals surface area contributed by atoms with Gasteiger partial charge >= 0.3 is 0 Å². The second-order valence-electron chi connectivity index (χ2n) is 4.35. The second kappa shape index (κ2) is 5.82. The second-order valence-corrected chi connectivity index (χ2v) is 5.79. The van der Waals surface area contributed by atoms with Crippen LogP contribution in [-0.2, 0) is 18.3 Å². The summed E-state index contributed by atoms with van der Waals surface area (Å²) in [5.74, 6) is 0. The Bertz CT molecular complexity index is 394. The zero-order valence-corrected chi connectivity index (χ0v) is 13.3. The molecule has 0 amide bonds. The van der Waals surface area contributed by atoms with E-state index in [1.807, 2.05) is 18.7 Å². The molecule has 0 saturated carbocycles. The summed E-state index contributed by atoms with van der Waals surface area (Å²) in [6.45, 7) is 5.71. The van der Waals surface area contributed by atoms with Crippen LogP contribution in [0.2, 0.25) is 0 Å². The fourth-order valence-electron chi connectivity index (χ4n) is 2.08. The Morgan fingerprint density at radius 2 is 2.29 bits per heavy atom. The van der Waals surface area contributed by atoms with Gasteiger partial charge in [0.2, 0.25) is 0 Å². The van der Waals surface area contributed by atoms with Gasteiger partial charge in [0.1, 0.15) is 0 Å². The highest BCUT2D eigenvalue weighted by molar-refractivity contribution is 9.10. The minimum absolute atomic E-state index is 0.303. The summed E-state index contributed by atoms with van der Waals surface area (Å²) in [6.07, 6.45) is 0.303. The van der Waals surface area contributed by atoms with Crippen molar-refractivity contribution in [2.24, 2.45) is 7.05 Å². The third-order valence-electron chi connectivity index (χ3n) is 3.03. The summed E-state index contributed by atoms with van der Waals surface area (Å²) < 4.78 is 8.72. The van der Waals surface area contributed by atoms with Crippen molar-refractivity contribution in [3.05, 3.63) is 15.9 Å². The molecule has 1 saturated heterocycles. The lowest BCUT2D eigenvalue weighted by atomic mass is 10.2. The first-order valence-electron chi connectivity index (χ1n) is 5.69. The van der Waals surface area contributed by atoms with Gasteiger partial charge in [-0.05, 0) is 22.9 Å². The maximum atomic E-state index is 5.64. The van der Waals surface area contributed by atoms with E-state index < -0.39 is 0 Å². The minimum atomic E-state index is 0.303. The Labute approximate surface area is 119 Å². The summed E-state index contributed by atoms with van der Waals surface area (Å²) in [4.78, 5) is 2.41. The summed E-state index contributed by atoms with van der Waals surface area (Å²) in [7, 11) is 2.00. The van der Waals surface area contributed by atoms with Gasteiger partial charge in [0, 0.05) is 32.0 Å². The molecule has 1 unspecified atom stereocenters. The molecule has 17 heavy (non-hydrogen) atoms. The fourth-order valence-corrected chi connectivity index (χ4v) is 2.93. The van der Waals surface area contributed by atoms with Crippen LogP contribution in [-0.4, -0.2) is 45.8 Å². The van der Waals surface area contributed by atoms with Crippen molar-refractivity contribution in [1.82, 2.24) is 14.7 Å². The lowest BCUT2D eigenvalue weighted by Crippen LogP contribution is -2.42. The van der Waals surface area contributed by atoms with Gasteiger partial charge < -0.3 is 4.74 Å². The van der Waals surface area contributed by atoms with E-state index in [-0.39, 0.29) is 0 Å². The summed E-state index contributed by atoms with van der Waals surface area (Å²) in [6, 6.07) is 0. The molecule has 1 aromatic heterocycles. The molecule has 0 N–H and O–H groups in total. The van der Waals surface area contributed by atoms with Crippen LogP contribution in [0.5, 0.6) is 0 Å². The molecule has 1 fully saturated rings. The first-order valence-corrected chi connectivity index (χ1v) is 7.61.